The van der Waals surface area contributed by atoms with E-state index in [4.69, 9.17) is 9.47 Å². The van der Waals surface area contributed by atoms with Crippen LogP contribution in [0.3, 0.4) is 0 Å². The third-order valence-electron chi connectivity index (χ3n) is 8.20. The predicted octanol–water partition coefficient (Wildman–Crippen LogP) is 5.62. The molecule has 5 aromatic rings. The Hall–Kier alpha value is -5.50. The summed E-state index contributed by atoms with van der Waals surface area (Å²) in [4.78, 5) is 31.7. The molecule has 0 unspecified atom stereocenters. The van der Waals surface area contributed by atoms with Crippen molar-refractivity contribution < 1.29 is 36.6 Å². The van der Waals surface area contributed by atoms with Crippen molar-refractivity contribution in [3.8, 4) is 16.9 Å². The van der Waals surface area contributed by atoms with Crippen LogP contribution in [0.2, 0.25) is 0 Å². The van der Waals surface area contributed by atoms with Crippen LogP contribution in [0.5, 0.6) is 5.75 Å². The highest BCUT2D eigenvalue weighted by Crippen LogP contribution is 2.39. The molecule has 0 atom stereocenters. The molecular weight excluding hydrogens is 632 g/mol. The topological polar surface area (TPSA) is 110 Å². The van der Waals surface area contributed by atoms with E-state index in [2.05, 4.69) is 20.7 Å². The number of carbonyl (C=O) groups is 2. The molecule has 7 rings (SSSR count). The van der Waals surface area contributed by atoms with Gasteiger partial charge in [-0.05, 0) is 65.7 Å². The second-order valence-corrected chi connectivity index (χ2v) is 11.9. The molecular formula is C34H28F4N6O4. The van der Waals surface area contributed by atoms with Gasteiger partial charge in [0.25, 0.3) is 11.8 Å². The molecule has 2 aromatic heterocycles. The van der Waals surface area contributed by atoms with E-state index in [1.165, 1.54) is 34.8 Å². The second kappa shape index (κ2) is 12.3. The van der Waals surface area contributed by atoms with Crippen molar-refractivity contribution in [2.45, 2.75) is 12.7 Å². The Morgan fingerprint density at radius 1 is 0.917 bits per heavy atom. The lowest BCUT2D eigenvalue weighted by atomic mass is 9.78. The van der Waals surface area contributed by atoms with Gasteiger partial charge in [-0.25, -0.2) is 8.91 Å². The number of carbonyl (C=O) groups excluding carboxylic acids is 2. The Bertz CT molecular complexity index is 1980. The summed E-state index contributed by atoms with van der Waals surface area (Å²) in [5, 5.41) is 10.2. The average Bonchev–Trinajstić information content (AvgIpc) is 3.44. The van der Waals surface area contributed by atoms with Crippen molar-refractivity contribution in [2.75, 3.05) is 38.2 Å². The second-order valence-electron chi connectivity index (χ2n) is 11.9. The molecule has 2 amide bonds. The van der Waals surface area contributed by atoms with Crippen LogP contribution in [0.4, 0.5) is 29.2 Å². The number of aromatic nitrogens is 3. The minimum Gasteiger partial charge on any atom is -0.482 e. The van der Waals surface area contributed by atoms with E-state index in [0.717, 1.165) is 16.7 Å². The van der Waals surface area contributed by atoms with Crippen LogP contribution in [-0.4, -0.2) is 70.4 Å². The number of fused-ring (bicyclic) bond motifs is 1. The summed E-state index contributed by atoms with van der Waals surface area (Å²) in [5.74, 6) is -0.983. The zero-order valence-corrected chi connectivity index (χ0v) is 25.3. The molecule has 0 bridgehead atoms. The predicted molar refractivity (Wildman–Crippen MR) is 166 cm³/mol. The van der Waals surface area contributed by atoms with E-state index in [-0.39, 0.29) is 52.5 Å². The number of pyridine rings is 1. The standard InChI is InChI=1S/C34H28F4N6O4/c35-26-9-1-21(2-10-26)14-39-30(45)23-5-3-22(4-6-23)25-8-12-29-41-32(42-44(29)15-25)40-27-11-7-24(13-28(27)48-20-34(36,37)38)31(46)43-16-33(17-43)18-47-19-33/h1-13,15H,14,16-20H2,(H,39,45)(H,40,42). The molecule has 2 N–H and O–H groups in total. The van der Waals surface area contributed by atoms with Crippen LogP contribution < -0.4 is 15.4 Å². The third-order valence-corrected chi connectivity index (χ3v) is 8.20. The van der Waals surface area contributed by atoms with Crippen molar-refractivity contribution in [1.29, 1.82) is 0 Å². The number of anilines is 2. The first kappa shape index (κ1) is 31.1. The Balaban J connectivity index is 1.05. The molecule has 2 aliphatic heterocycles. The highest BCUT2D eigenvalue weighted by atomic mass is 19.4. The van der Waals surface area contributed by atoms with Crippen molar-refractivity contribution in [1.82, 2.24) is 24.8 Å². The number of nitrogens with one attached hydrogen (secondary N) is 2. The molecule has 2 aliphatic rings. The number of hydrogen-bond acceptors (Lipinski definition) is 7. The van der Waals surface area contributed by atoms with Gasteiger partial charge in [0, 0.05) is 42.5 Å². The Morgan fingerprint density at radius 2 is 1.62 bits per heavy atom. The van der Waals surface area contributed by atoms with Gasteiger partial charge in [0.2, 0.25) is 5.95 Å². The number of halogens is 4. The van der Waals surface area contributed by atoms with Crippen LogP contribution in [0.25, 0.3) is 16.8 Å². The van der Waals surface area contributed by atoms with Crippen molar-refractivity contribution in [2.24, 2.45) is 5.41 Å². The zero-order valence-electron chi connectivity index (χ0n) is 25.3. The summed E-state index contributed by atoms with van der Waals surface area (Å²) in [6.07, 6.45) is -2.86. The van der Waals surface area contributed by atoms with E-state index in [9.17, 15) is 27.2 Å². The Morgan fingerprint density at radius 3 is 2.31 bits per heavy atom. The molecule has 0 saturated carbocycles. The molecule has 0 radical (unpaired) electrons. The maximum atomic E-state index is 13.1. The molecule has 2 fully saturated rings. The molecule has 0 aliphatic carbocycles. The fourth-order valence-corrected chi connectivity index (χ4v) is 5.63. The lowest BCUT2D eigenvalue weighted by Crippen LogP contribution is -2.67. The molecule has 4 heterocycles. The first-order chi connectivity index (χ1) is 23.0. The van der Waals surface area contributed by atoms with E-state index in [0.29, 0.717) is 37.5 Å². The monoisotopic (exact) mass is 660 g/mol. The summed E-state index contributed by atoms with van der Waals surface area (Å²) in [6.45, 7) is 0.985. The first-order valence-corrected chi connectivity index (χ1v) is 15.0. The first-order valence-electron chi connectivity index (χ1n) is 15.0. The Kier molecular flexibility index (Phi) is 7.95. The minimum absolute atomic E-state index is 0.00544. The lowest BCUT2D eigenvalue weighted by molar-refractivity contribution is -0.176. The van der Waals surface area contributed by atoms with Gasteiger partial charge < -0.3 is 25.0 Å². The number of alkyl halides is 3. The van der Waals surface area contributed by atoms with Gasteiger partial charge in [0.15, 0.2) is 12.3 Å². The summed E-state index contributed by atoms with van der Waals surface area (Å²) < 4.78 is 64.2. The highest BCUT2D eigenvalue weighted by Gasteiger charge is 2.50. The number of benzene rings is 3. The van der Waals surface area contributed by atoms with Gasteiger partial charge in [-0.3, -0.25) is 9.59 Å². The van der Waals surface area contributed by atoms with Gasteiger partial charge in [0.05, 0.1) is 24.3 Å². The number of hydrogen-bond donors (Lipinski definition) is 2. The summed E-state index contributed by atoms with van der Waals surface area (Å²) in [7, 11) is 0. The summed E-state index contributed by atoms with van der Waals surface area (Å²) in [6, 6.07) is 20.7. The van der Waals surface area contributed by atoms with Crippen LogP contribution >= 0.6 is 0 Å². The van der Waals surface area contributed by atoms with Crippen LogP contribution in [-0.2, 0) is 11.3 Å². The lowest BCUT2D eigenvalue weighted by Gasteiger charge is -2.54. The molecule has 246 valence electrons. The molecule has 10 nitrogen and oxygen atoms in total. The van der Waals surface area contributed by atoms with Gasteiger partial charge in [-0.1, -0.05) is 24.3 Å². The average molecular weight is 661 g/mol. The van der Waals surface area contributed by atoms with Crippen LogP contribution in [0.15, 0.2) is 85.1 Å². The van der Waals surface area contributed by atoms with Crippen molar-refractivity contribution >= 4 is 29.1 Å². The maximum absolute atomic E-state index is 13.1. The maximum Gasteiger partial charge on any atom is 0.422 e. The summed E-state index contributed by atoms with van der Waals surface area (Å²) in [5.41, 5.74) is 3.63. The number of rotatable bonds is 9. The van der Waals surface area contributed by atoms with Gasteiger partial charge in [-0.15, -0.1) is 5.10 Å². The molecule has 14 heteroatoms. The fourth-order valence-electron chi connectivity index (χ4n) is 5.63. The van der Waals surface area contributed by atoms with Gasteiger partial charge in [0.1, 0.15) is 11.6 Å². The molecule has 3 aromatic carbocycles. The number of likely N-dealkylation sites (tertiary alicyclic amines) is 1. The van der Waals surface area contributed by atoms with Gasteiger partial charge in [-0.2, -0.15) is 18.2 Å². The van der Waals surface area contributed by atoms with E-state index >= 15 is 0 Å². The molecule has 48 heavy (non-hydrogen) atoms. The summed E-state index contributed by atoms with van der Waals surface area (Å²) >= 11 is 0. The van der Waals surface area contributed by atoms with E-state index in [1.807, 2.05) is 6.07 Å². The van der Waals surface area contributed by atoms with Crippen LogP contribution in [0, 0.1) is 11.2 Å². The minimum atomic E-state index is -4.59. The van der Waals surface area contributed by atoms with Gasteiger partial charge >= 0.3 is 6.18 Å². The highest BCUT2D eigenvalue weighted by molar-refractivity contribution is 5.96. The number of nitrogens with zero attached hydrogens (tertiary/aromatic N) is 4. The van der Waals surface area contributed by atoms with E-state index < -0.39 is 12.8 Å². The van der Waals surface area contributed by atoms with E-state index in [1.54, 1.807) is 53.6 Å². The fraction of sp³-hybridized carbons (Fsp3) is 0.235. The SMILES string of the molecule is O=C(NCc1ccc(F)cc1)c1ccc(-c2ccc3nc(Nc4ccc(C(=O)N5CC6(COC6)C5)cc4OCC(F)(F)F)nn3c2)cc1. The van der Waals surface area contributed by atoms with Crippen molar-refractivity contribution in [3.05, 3.63) is 108 Å². The third kappa shape index (κ3) is 6.65. The smallest absolute Gasteiger partial charge is 0.422 e. The normalized spacial score (nSPS) is 15.1. The Labute approximate surface area is 271 Å². The van der Waals surface area contributed by atoms with Crippen molar-refractivity contribution in [3.63, 3.8) is 0 Å². The van der Waals surface area contributed by atoms with Crippen LogP contribution in [0.1, 0.15) is 26.3 Å². The molecule has 2 saturated heterocycles. The number of ether oxygens (including phenoxy) is 2. The largest absolute Gasteiger partial charge is 0.482 e. The number of amides is 2. The quantitative estimate of drug-likeness (QED) is 0.198. The zero-order chi connectivity index (χ0) is 33.5. The molecule has 1 spiro atoms.